The Bertz CT molecular complexity index is 1090. The summed E-state index contributed by atoms with van der Waals surface area (Å²) in [5.74, 6) is -0.585. The molecule has 29 heavy (non-hydrogen) atoms. The van der Waals surface area contributed by atoms with Crippen molar-refractivity contribution < 1.29 is 21.6 Å². The molecule has 0 atom stereocenters. The molecule has 0 N–H and O–H groups in total. The molecule has 154 valence electrons. The van der Waals surface area contributed by atoms with Gasteiger partial charge in [0.15, 0.2) is 0 Å². The van der Waals surface area contributed by atoms with Gasteiger partial charge in [-0.2, -0.15) is 13.2 Å². The molecule has 0 saturated heterocycles. The van der Waals surface area contributed by atoms with Crippen LogP contribution in [0.15, 0.2) is 48.0 Å². The predicted octanol–water partition coefficient (Wildman–Crippen LogP) is 5.51. The van der Waals surface area contributed by atoms with Crippen molar-refractivity contribution in [1.29, 1.82) is 0 Å². The molecule has 2 aromatic heterocycles. The summed E-state index contributed by atoms with van der Waals surface area (Å²) in [5, 5.41) is 2.68. The van der Waals surface area contributed by atoms with E-state index >= 15 is 0 Å². The van der Waals surface area contributed by atoms with Gasteiger partial charge in [-0.3, -0.25) is 4.98 Å². The van der Waals surface area contributed by atoms with Gasteiger partial charge in [-0.15, -0.1) is 11.3 Å². The lowest BCUT2D eigenvalue weighted by atomic mass is 10.1. The Labute approximate surface area is 171 Å². The topological polar surface area (TPSA) is 59.9 Å². The molecule has 0 fully saturated rings. The highest BCUT2D eigenvalue weighted by atomic mass is 32.2. The molecule has 0 bridgehead atoms. The number of rotatable bonds is 6. The fourth-order valence-electron chi connectivity index (χ4n) is 2.75. The van der Waals surface area contributed by atoms with E-state index in [1.165, 1.54) is 23.5 Å². The molecule has 0 amide bonds. The number of nitrogens with zero attached hydrogens (tertiary/aromatic N) is 2. The summed E-state index contributed by atoms with van der Waals surface area (Å²) in [4.78, 5) is 8.98. The second-order valence-corrected chi connectivity index (χ2v) is 9.91. The van der Waals surface area contributed by atoms with Gasteiger partial charge in [-0.1, -0.05) is 38.1 Å². The van der Waals surface area contributed by atoms with Crippen molar-refractivity contribution in [2.45, 2.75) is 31.5 Å². The summed E-state index contributed by atoms with van der Waals surface area (Å²) < 4.78 is 60.2. The Balaban J connectivity index is 1.79. The molecule has 4 nitrogen and oxygen atoms in total. The van der Waals surface area contributed by atoms with Gasteiger partial charge in [0.1, 0.15) is 5.01 Å². The van der Waals surface area contributed by atoms with Gasteiger partial charge in [-0.25, -0.2) is 13.4 Å². The van der Waals surface area contributed by atoms with Crippen molar-refractivity contribution in [3.8, 4) is 21.8 Å². The fraction of sp³-hybridized carbons (Fsp3) is 0.300. The third-order valence-electron chi connectivity index (χ3n) is 4.14. The minimum Gasteiger partial charge on any atom is -0.261 e. The van der Waals surface area contributed by atoms with E-state index in [9.17, 15) is 21.6 Å². The minimum absolute atomic E-state index is 0.0778. The molecule has 0 saturated carbocycles. The average Bonchev–Trinajstić information content (AvgIpc) is 3.11. The number of alkyl halides is 3. The number of pyridine rings is 1. The number of benzene rings is 1. The van der Waals surface area contributed by atoms with Crippen LogP contribution in [0, 0.1) is 5.92 Å². The molecular formula is C20H19F3N2O2S2. The first-order valence-electron chi connectivity index (χ1n) is 8.84. The summed E-state index contributed by atoms with van der Waals surface area (Å²) in [6.45, 7) is 4.25. The molecule has 3 aromatic rings. The van der Waals surface area contributed by atoms with Crippen LogP contribution in [0.25, 0.3) is 21.8 Å². The first-order chi connectivity index (χ1) is 13.5. The normalized spacial score (nSPS) is 12.5. The van der Waals surface area contributed by atoms with Crippen molar-refractivity contribution >= 4 is 21.2 Å². The monoisotopic (exact) mass is 440 g/mol. The number of halogens is 3. The van der Waals surface area contributed by atoms with E-state index in [2.05, 4.69) is 23.8 Å². The number of hydrogen-bond acceptors (Lipinski definition) is 5. The average molecular weight is 441 g/mol. The van der Waals surface area contributed by atoms with Crippen LogP contribution >= 0.6 is 11.3 Å². The van der Waals surface area contributed by atoms with E-state index in [1.807, 2.05) is 17.5 Å². The van der Waals surface area contributed by atoms with Crippen LogP contribution in [0.1, 0.15) is 25.1 Å². The molecule has 1 aromatic carbocycles. The second kappa shape index (κ2) is 8.23. The zero-order chi connectivity index (χ0) is 21.2. The van der Waals surface area contributed by atoms with E-state index in [0.29, 0.717) is 17.2 Å². The van der Waals surface area contributed by atoms with E-state index in [-0.39, 0.29) is 5.56 Å². The molecule has 0 aliphatic carbocycles. The highest BCUT2D eigenvalue weighted by Gasteiger charge is 2.45. The third kappa shape index (κ3) is 5.22. The van der Waals surface area contributed by atoms with Crippen LogP contribution in [0.5, 0.6) is 0 Å². The lowest BCUT2D eigenvalue weighted by molar-refractivity contribution is -0.0437. The Kier molecular flexibility index (Phi) is 6.09. The van der Waals surface area contributed by atoms with Gasteiger partial charge < -0.3 is 0 Å². The van der Waals surface area contributed by atoms with Gasteiger partial charge in [0, 0.05) is 28.4 Å². The van der Waals surface area contributed by atoms with Crippen molar-refractivity contribution in [2.75, 3.05) is 0 Å². The zero-order valence-electron chi connectivity index (χ0n) is 15.8. The van der Waals surface area contributed by atoms with Gasteiger partial charge in [0.2, 0.25) is 0 Å². The van der Waals surface area contributed by atoms with Crippen molar-refractivity contribution in [3.05, 3.63) is 59.2 Å². The number of hydrogen-bond donors (Lipinski definition) is 0. The Morgan fingerprint density at radius 1 is 1.07 bits per heavy atom. The maximum absolute atomic E-state index is 12.5. The number of aromatic nitrogens is 2. The van der Waals surface area contributed by atoms with E-state index in [1.54, 1.807) is 18.3 Å². The molecule has 0 spiro atoms. The SMILES string of the molecule is CC(C)Cc1cc(-c2nc(-c3ccc(CS(=O)(=O)C(F)(F)F)cc3)cs2)ccn1. The maximum atomic E-state index is 12.5. The van der Waals surface area contributed by atoms with E-state index in [4.69, 9.17) is 0 Å². The molecule has 0 radical (unpaired) electrons. The molecule has 0 aliphatic heterocycles. The van der Waals surface area contributed by atoms with Gasteiger partial charge in [0.05, 0.1) is 11.4 Å². The minimum atomic E-state index is -5.26. The lowest BCUT2D eigenvalue weighted by Crippen LogP contribution is -2.24. The summed E-state index contributed by atoms with van der Waals surface area (Å²) in [7, 11) is -5.19. The molecular weight excluding hydrogens is 421 g/mol. The number of thiazole rings is 1. The van der Waals surface area contributed by atoms with Crippen LogP contribution in [0.4, 0.5) is 13.2 Å². The van der Waals surface area contributed by atoms with Crippen LogP contribution in [-0.2, 0) is 22.0 Å². The zero-order valence-corrected chi connectivity index (χ0v) is 17.4. The summed E-state index contributed by atoms with van der Waals surface area (Å²) in [5.41, 5.74) is -1.85. The van der Waals surface area contributed by atoms with Crippen molar-refractivity contribution in [1.82, 2.24) is 9.97 Å². The molecule has 0 aliphatic rings. The van der Waals surface area contributed by atoms with Crippen LogP contribution in [-0.4, -0.2) is 23.9 Å². The lowest BCUT2D eigenvalue weighted by Gasteiger charge is -2.08. The first-order valence-corrected chi connectivity index (χ1v) is 11.4. The summed E-state index contributed by atoms with van der Waals surface area (Å²) >= 11 is 1.46. The summed E-state index contributed by atoms with van der Waals surface area (Å²) in [6, 6.07) is 9.81. The van der Waals surface area contributed by atoms with Gasteiger partial charge in [0.25, 0.3) is 9.84 Å². The largest absolute Gasteiger partial charge is 0.497 e. The first kappa shape index (κ1) is 21.4. The summed E-state index contributed by atoms with van der Waals surface area (Å²) in [6.07, 6.45) is 2.62. The van der Waals surface area contributed by atoms with Crippen LogP contribution < -0.4 is 0 Å². The molecule has 2 heterocycles. The highest BCUT2D eigenvalue weighted by Crippen LogP contribution is 2.31. The van der Waals surface area contributed by atoms with Crippen molar-refractivity contribution in [3.63, 3.8) is 0 Å². The van der Waals surface area contributed by atoms with Crippen molar-refractivity contribution in [2.24, 2.45) is 5.92 Å². The quantitative estimate of drug-likeness (QED) is 0.507. The van der Waals surface area contributed by atoms with Gasteiger partial charge >= 0.3 is 5.51 Å². The number of sulfone groups is 1. The Hall–Kier alpha value is -2.26. The van der Waals surface area contributed by atoms with E-state index in [0.717, 1.165) is 22.7 Å². The fourth-order valence-corrected chi connectivity index (χ4v) is 4.37. The smallest absolute Gasteiger partial charge is 0.261 e. The Morgan fingerprint density at radius 2 is 1.76 bits per heavy atom. The van der Waals surface area contributed by atoms with E-state index < -0.39 is 21.1 Å². The highest BCUT2D eigenvalue weighted by molar-refractivity contribution is 7.91. The Morgan fingerprint density at radius 3 is 2.38 bits per heavy atom. The standard InChI is InChI=1S/C20H19F3N2O2S2/c1-13(2)9-17-10-16(7-8-24-17)19-25-18(11-28-19)15-5-3-14(4-6-15)12-29(26,27)20(21,22)23/h3-8,10-11,13H,9,12H2,1-2H3. The van der Waals surface area contributed by atoms with Crippen LogP contribution in [0.3, 0.4) is 0 Å². The van der Waals surface area contributed by atoms with Gasteiger partial charge in [-0.05, 0) is 30.0 Å². The second-order valence-electron chi connectivity index (χ2n) is 7.07. The van der Waals surface area contributed by atoms with Crippen LogP contribution in [0.2, 0.25) is 0 Å². The molecule has 3 rings (SSSR count). The predicted molar refractivity (Wildman–Crippen MR) is 108 cm³/mol. The molecule has 9 heteroatoms. The third-order valence-corrected chi connectivity index (χ3v) is 6.45. The maximum Gasteiger partial charge on any atom is 0.497 e. The molecule has 0 unspecified atom stereocenters.